The lowest BCUT2D eigenvalue weighted by Gasteiger charge is -2.08. The first kappa shape index (κ1) is 18.1. The Kier molecular flexibility index (Phi) is 7.18. The number of aryl methyl sites for hydroxylation is 1. The maximum atomic E-state index is 11.7. The van der Waals surface area contributed by atoms with Crippen molar-refractivity contribution in [2.24, 2.45) is 0 Å². The van der Waals surface area contributed by atoms with Crippen LogP contribution in [0.3, 0.4) is 0 Å². The molecule has 2 aromatic rings. The SMILES string of the molecule is Cc1ncn(CCNC(=O)Cn2cccnc2=O)c1C.O=CO. The molecule has 9 nitrogen and oxygen atoms in total. The molecule has 124 valence electrons. The van der Waals surface area contributed by atoms with Gasteiger partial charge < -0.3 is 15.0 Å². The van der Waals surface area contributed by atoms with E-state index in [2.05, 4.69) is 15.3 Å². The van der Waals surface area contributed by atoms with Gasteiger partial charge in [0.05, 0.1) is 12.0 Å². The third-order valence-electron chi connectivity index (χ3n) is 3.12. The summed E-state index contributed by atoms with van der Waals surface area (Å²) in [7, 11) is 0. The lowest BCUT2D eigenvalue weighted by atomic mass is 10.4. The predicted octanol–water partition coefficient (Wildman–Crippen LogP) is -0.426. The van der Waals surface area contributed by atoms with Gasteiger partial charge in [-0.2, -0.15) is 0 Å². The van der Waals surface area contributed by atoms with E-state index >= 15 is 0 Å². The number of amides is 1. The zero-order chi connectivity index (χ0) is 17.2. The average molecular weight is 321 g/mol. The first-order chi connectivity index (χ1) is 11.0. The van der Waals surface area contributed by atoms with Crippen molar-refractivity contribution in [2.45, 2.75) is 26.9 Å². The van der Waals surface area contributed by atoms with Crippen molar-refractivity contribution in [1.82, 2.24) is 24.4 Å². The maximum absolute atomic E-state index is 11.7. The van der Waals surface area contributed by atoms with Crippen LogP contribution in [-0.2, 0) is 22.7 Å². The van der Waals surface area contributed by atoms with Crippen molar-refractivity contribution in [1.29, 1.82) is 0 Å². The highest BCUT2D eigenvalue weighted by Crippen LogP contribution is 2.02. The van der Waals surface area contributed by atoms with Crippen LogP contribution in [0.15, 0.2) is 29.6 Å². The number of carboxylic acid groups (broad SMARTS) is 1. The Hall–Kier alpha value is -2.97. The number of nitrogens with zero attached hydrogens (tertiary/aromatic N) is 4. The normalized spacial score (nSPS) is 9.65. The van der Waals surface area contributed by atoms with Crippen LogP contribution in [-0.4, -0.2) is 43.1 Å². The van der Waals surface area contributed by atoms with Gasteiger partial charge in [0.15, 0.2) is 0 Å². The minimum absolute atomic E-state index is 0.0192. The molecular formula is C14H19N5O4. The summed E-state index contributed by atoms with van der Waals surface area (Å²) < 4.78 is 3.24. The lowest BCUT2D eigenvalue weighted by molar-refractivity contribution is -0.123. The minimum Gasteiger partial charge on any atom is -0.483 e. The molecule has 0 saturated heterocycles. The van der Waals surface area contributed by atoms with E-state index in [0.717, 1.165) is 11.4 Å². The fourth-order valence-electron chi connectivity index (χ4n) is 1.80. The van der Waals surface area contributed by atoms with E-state index in [1.54, 1.807) is 12.4 Å². The average Bonchev–Trinajstić information content (AvgIpc) is 2.82. The molecule has 0 aliphatic heterocycles. The van der Waals surface area contributed by atoms with Crippen LogP contribution in [0.4, 0.5) is 0 Å². The molecule has 0 saturated carbocycles. The zero-order valence-electron chi connectivity index (χ0n) is 13.0. The monoisotopic (exact) mass is 321 g/mol. The third-order valence-corrected chi connectivity index (χ3v) is 3.12. The lowest BCUT2D eigenvalue weighted by Crippen LogP contribution is -2.34. The quantitative estimate of drug-likeness (QED) is 0.722. The second-order valence-electron chi connectivity index (χ2n) is 4.59. The van der Waals surface area contributed by atoms with E-state index in [1.807, 2.05) is 18.4 Å². The Morgan fingerprint density at radius 1 is 1.35 bits per heavy atom. The molecule has 0 spiro atoms. The molecule has 2 aromatic heterocycles. The second-order valence-corrected chi connectivity index (χ2v) is 4.59. The molecule has 0 unspecified atom stereocenters. The van der Waals surface area contributed by atoms with Crippen LogP contribution in [0.25, 0.3) is 0 Å². The van der Waals surface area contributed by atoms with Gasteiger partial charge in [-0.1, -0.05) is 0 Å². The summed E-state index contributed by atoms with van der Waals surface area (Å²) in [5.41, 5.74) is 1.64. The largest absolute Gasteiger partial charge is 0.483 e. The number of imidazole rings is 1. The van der Waals surface area contributed by atoms with Gasteiger partial charge in [0.2, 0.25) is 5.91 Å². The van der Waals surface area contributed by atoms with Crippen LogP contribution in [0.5, 0.6) is 0 Å². The van der Waals surface area contributed by atoms with E-state index in [1.165, 1.54) is 17.0 Å². The van der Waals surface area contributed by atoms with Crippen molar-refractivity contribution in [3.63, 3.8) is 0 Å². The summed E-state index contributed by atoms with van der Waals surface area (Å²) in [6.07, 6.45) is 4.70. The zero-order valence-corrected chi connectivity index (χ0v) is 13.0. The second kappa shape index (κ2) is 9.13. The van der Waals surface area contributed by atoms with E-state index < -0.39 is 5.69 Å². The molecule has 2 N–H and O–H groups in total. The minimum atomic E-state index is -0.427. The number of carbonyl (C=O) groups excluding carboxylic acids is 1. The number of hydrogen-bond donors (Lipinski definition) is 2. The smallest absolute Gasteiger partial charge is 0.347 e. The van der Waals surface area contributed by atoms with Crippen molar-refractivity contribution in [3.05, 3.63) is 46.7 Å². The topological polar surface area (TPSA) is 119 Å². The van der Waals surface area contributed by atoms with Gasteiger partial charge in [0.25, 0.3) is 6.47 Å². The predicted molar refractivity (Wildman–Crippen MR) is 81.9 cm³/mol. The van der Waals surface area contributed by atoms with Gasteiger partial charge in [0, 0.05) is 31.2 Å². The standard InChI is InChI=1S/C13H17N5O2.CH2O2/c1-10-11(2)18(9-16-10)7-5-14-12(19)8-17-6-3-4-15-13(17)20;2-1-3/h3-4,6,9H,5,7-8H2,1-2H3,(H,14,19);1H,(H,2,3). The molecule has 0 aliphatic rings. The Bertz CT molecular complexity index is 707. The fraction of sp³-hybridized carbons (Fsp3) is 0.357. The summed E-state index contributed by atoms with van der Waals surface area (Å²) in [5.74, 6) is -0.213. The number of rotatable bonds is 5. The highest BCUT2D eigenvalue weighted by Gasteiger charge is 2.05. The molecule has 0 atom stereocenters. The molecule has 0 aliphatic carbocycles. The van der Waals surface area contributed by atoms with Gasteiger partial charge >= 0.3 is 5.69 Å². The van der Waals surface area contributed by atoms with E-state index in [0.29, 0.717) is 13.1 Å². The summed E-state index contributed by atoms with van der Waals surface area (Å²) in [6, 6.07) is 1.62. The van der Waals surface area contributed by atoms with Crippen molar-refractivity contribution in [2.75, 3.05) is 6.54 Å². The van der Waals surface area contributed by atoms with Gasteiger partial charge in [-0.25, -0.2) is 14.8 Å². The number of aromatic nitrogens is 4. The van der Waals surface area contributed by atoms with Crippen molar-refractivity contribution < 1.29 is 14.7 Å². The molecular weight excluding hydrogens is 302 g/mol. The molecule has 23 heavy (non-hydrogen) atoms. The first-order valence-electron chi connectivity index (χ1n) is 6.84. The van der Waals surface area contributed by atoms with Crippen LogP contribution in [0, 0.1) is 13.8 Å². The maximum Gasteiger partial charge on any atom is 0.347 e. The molecule has 0 aromatic carbocycles. The molecule has 0 bridgehead atoms. The Labute approximate surface area is 132 Å². The van der Waals surface area contributed by atoms with Gasteiger partial charge in [-0.05, 0) is 19.9 Å². The summed E-state index contributed by atoms with van der Waals surface area (Å²) in [6.45, 7) is 4.80. The molecule has 2 heterocycles. The van der Waals surface area contributed by atoms with Gasteiger partial charge in [-0.3, -0.25) is 14.2 Å². The third kappa shape index (κ3) is 5.73. The van der Waals surface area contributed by atoms with Crippen LogP contribution < -0.4 is 11.0 Å². The molecule has 2 rings (SSSR count). The molecule has 1 amide bonds. The van der Waals surface area contributed by atoms with Crippen LogP contribution in [0.2, 0.25) is 0 Å². The first-order valence-corrected chi connectivity index (χ1v) is 6.84. The van der Waals surface area contributed by atoms with E-state index in [9.17, 15) is 9.59 Å². The Morgan fingerprint density at radius 2 is 2.04 bits per heavy atom. The fourth-order valence-corrected chi connectivity index (χ4v) is 1.80. The van der Waals surface area contributed by atoms with Crippen molar-refractivity contribution in [3.8, 4) is 0 Å². The molecule has 9 heteroatoms. The summed E-state index contributed by atoms with van der Waals surface area (Å²) in [5, 5.41) is 9.66. The molecule has 0 fully saturated rings. The van der Waals surface area contributed by atoms with Crippen LogP contribution in [0.1, 0.15) is 11.4 Å². The Morgan fingerprint density at radius 3 is 2.61 bits per heavy atom. The highest BCUT2D eigenvalue weighted by atomic mass is 16.3. The number of carbonyl (C=O) groups is 2. The number of nitrogens with one attached hydrogen (secondary N) is 1. The molecule has 0 radical (unpaired) electrons. The van der Waals surface area contributed by atoms with Gasteiger partial charge in [0.1, 0.15) is 6.54 Å². The Balaban J connectivity index is 0.000000816. The van der Waals surface area contributed by atoms with Crippen molar-refractivity contribution >= 4 is 12.4 Å². The van der Waals surface area contributed by atoms with E-state index in [4.69, 9.17) is 9.90 Å². The summed E-state index contributed by atoms with van der Waals surface area (Å²) in [4.78, 5) is 39.2. The van der Waals surface area contributed by atoms with E-state index in [-0.39, 0.29) is 18.9 Å². The van der Waals surface area contributed by atoms with Gasteiger partial charge in [-0.15, -0.1) is 0 Å². The van der Waals surface area contributed by atoms with Crippen LogP contribution >= 0.6 is 0 Å². The highest BCUT2D eigenvalue weighted by molar-refractivity contribution is 5.75. The summed E-state index contributed by atoms with van der Waals surface area (Å²) >= 11 is 0. The number of hydrogen-bond acceptors (Lipinski definition) is 5.